The van der Waals surface area contributed by atoms with Gasteiger partial charge in [0.1, 0.15) is 22.8 Å². The lowest BCUT2D eigenvalue weighted by Crippen LogP contribution is -2.26. The highest BCUT2D eigenvalue weighted by molar-refractivity contribution is 6.12. The number of para-hydroxylation sites is 1. The number of ether oxygens (including phenoxy) is 3. The van der Waals surface area contributed by atoms with E-state index < -0.39 is 0 Å². The summed E-state index contributed by atoms with van der Waals surface area (Å²) in [5, 5.41) is 4.92. The maximum atomic E-state index is 13.4. The van der Waals surface area contributed by atoms with Crippen LogP contribution in [0.5, 0.6) is 17.2 Å². The van der Waals surface area contributed by atoms with Crippen LogP contribution in [0.25, 0.3) is 33.0 Å². The summed E-state index contributed by atoms with van der Waals surface area (Å²) in [6.45, 7) is 0.486. The lowest BCUT2D eigenvalue weighted by Gasteiger charge is -2.11. The van der Waals surface area contributed by atoms with Crippen LogP contribution in [-0.4, -0.2) is 38.8 Å². The van der Waals surface area contributed by atoms with Crippen molar-refractivity contribution in [3.63, 3.8) is 0 Å². The third kappa shape index (κ3) is 4.28. The standard InChI is InChI=1S/C28H26N2O5/c1-32-19-10-18(11-20(12-19)33-2)24-16-35-26-14-21(34-3)13-23(27(24)26)28(31)29-9-8-17-15-30-25-7-5-4-6-22(17)25/h4-7,10-16,30H,8-9H2,1-3H3,(H,29,31). The lowest BCUT2D eigenvalue weighted by molar-refractivity contribution is 0.0955. The fourth-order valence-electron chi connectivity index (χ4n) is 4.36. The Morgan fingerprint density at radius 1 is 0.943 bits per heavy atom. The molecule has 0 aliphatic heterocycles. The molecule has 0 atom stereocenters. The Labute approximate surface area is 202 Å². The van der Waals surface area contributed by atoms with Gasteiger partial charge in [-0.1, -0.05) is 18.2 Å². The zero-order chi connectivity index (χ0) is 24.4. The Morgan fingerprint density at radius 3 is 2.40 bits per heavy atom. The molecule has 0 spiro atoms. The van der Waals surface area contributed by atoms with Gasteiger partial charge in [-0.05, 0) is 41.8 Å². The number of methoxy groups -OCH3 is 3. The second-order valence-corrected chi connectivity index (χ2v) is 8.16. The maximum absolute atomic E-state index is 13.4. The Balaban J connectivity index is 1.48. The van der Waals surface area contributed by atoms with Crippen LogP contribution < -0.4 is 19.5 Å². The normalized spacial score (nSPS) is 11.1. The van der Waals surface area contributed by atoms with E-state index in [2.05, 4.69) is 16.4 Å². The van der Waals surface area contributed by atoms with Crippen molar-refractivity contribution in [1.29, 1.82) is 0 Å². The van der Waals surface area contributed by atoms with Gasteiger partial charge in [0.05, 0.1) is 33.2 Å². The number of rotatable bonds is 8. The second kappa shape index (κ2) is 9.46. The molecule has 7 nitrogen and oxygen atoms in total. The minimum Gasteiger partial charge on any atom is -0.497 e. The largest absolute Gasteiger partial charge is 0.497 e. The molecule has 5 aromatic rings. The van der Waals surface area contributed by atoms with Crippen molar-refractivity contribution in [2.45, 2.75) is 6.42 Å². The molecule has 3 aromatic carbocycles. The predicted octanol–water partition coefficient (Wildman–Crippen LogP) is 5.58. The third-order valence-corrected chi connectivity index (χ3v) is 6.15. The van der Waals surface area contributed by atoms with Crippen molar-refractivity contribution < 1.29 is 23.4 Å². The number of carbonyl (C=O) groups is 1. The third-order valence-electron chi connectivity index (χ3n) is 6.15. The van der Waals surface area contributed by atoms with Gasteiger partial charge in [0, 0.05) is 46.7 Å². The monoisotopic (exact) mass is 470 g/mol. The van der Waals surface area contributed by atoms with Crippen molar-refractivity contribution in [3.8, 4) is 28.4 Å². The van der Waals surface area contributed by atoms with Crippen LogP contribution >= 0.6 is 0 Å². The minimum atomic E-state index is -0.203. The molecule has 0 fully saturated rings. The number of amides is 1. The first kappa shape index (κ1) is 22.4. The van der Waals surface area contributed by atoms with Gasteiger partial charge in [-0.2, -0.15) is 0 Å². The summed E-state index contributed by atoms with van der Waals surface area (Å²) in [4.78, 5) is 16.7. The van der Waals surface area contributed by atoms with Gasteiger partial charge in [0.15, 0.2) is 0 Å². The van der Waals surface area contributed by atoms with Gasteiger partial charge in [-0.3, -0.25) is 4.79 Å². The number of fused-ring (bicyclic) bond motifs is 2. The lowest BCUT2D eigenvalue weighted by atomic mass is 9.99. The van der Waals surface area contributed by atoms with Gasteiger partial charge in [0.25, 0.3) is 5.91 Å². The Hall–Kier alpha value is -4.39. The first-order valence-corrected chi connectivity index (χ1v) is 11.3. The summed E-state index contributed by atoms with van der Waals surface area (Å²) >= 11 is 0. The Bertz CT molecular complexity index is 1490. The van der Waals surface area contributed by atoms with E-state index in [1.165, 1.54) is 0 Å². The molecule has 0 saturated carbocycles. The van der Waals surface area contributed by atoms with E-state index in [1.807, 2.05) is 36.5 Å². The number of benzene rings is 3. The van der Waals surface area contributed by atoms with E-state index >= 15 is 0 Å². The number of hydrogen-bond donors (Lipinski definition) is 2. The molecule has 2 aromatic heterocycles. The highest BCUT2D eigenvalue weighted by atomic mass is 16.5. The van der Waals surface area contributed by atoms with Crippen LogP contribution in [-0.2, 0) is 6.42 Å². The van der Waals surface area contributed by atoms with Crippen LogP contribution in [0.2, 0.25) is 0 Å². The molecule has 178 valence electrons. The van der Waals surface area contributed by atoms with E-state index in [-0.39, 0.29) is 5.91 Å². The van der Waals surface area contributed by atoms with Gasteiger partial charge in [-0.15, -0.1) is 0 Å². The fourth-order valence-corrected chi connectivity index (χ4v) is 4.36. The summed E-state index contributed by atoms with van der Waals surface area (Å²) in [5.74, 6) is 1.63. The molecule has 1 amide bonds. The van der Waals surface area contributed by atoms with Gasteiger partial charge < -0.3 is 28.9 Å². The summed E-state index contributed by atoms with van der Waals surface area (Å²) in [6, 6.07) is 17.2. The van der Waals surface area contributed by atoms with Gasteiger partial charge in [0.2, 0.25) is 0 Å². The number of carbonyl (C=O) groups excluding carboxylic acids is 1. The zero-order valence-electron chi connectivity index (χ0n) is 19.8. The van der Waals surface area contributed by atoms with Crippen LogP contribution in [0.4, 0.5) is 0 Å². The summed E-state index contributed by atoms with van der Waals surface area (Å²) in [6.07, 6.45) is 4.33. The molecule has 0 radical (unpaired) electrons. The van der Waals surface area contributed by atoms with Crippen LogP contribution in [0.3, 0.4) is 0 Å². The number of hydrogen-bond acceptors (Lipinski definition) is 5. The fraction of sp³-hybridized carbons (Fsp3) is 0.179. The average Bonchev–Trinajstić information content (AvgIpc) is 3.52. The van der Waals surface area contributed by atoms with Crippen LogP contribution in [0, 0.1) is 0 Å². The van der Waals surface area contributed by atoms with Crippen molar-refractivity contribution in [3.05, 3.63) is 78.2 Å². The van der Waals surface area contributed by atoms with Crippen molar-refractivity contribution >= 4 is 27.8 Å². The Morgan fingerprint density at radius 2 is 1.66 bits per heavy atom. The molecule has 0 aliphatic rings. The highest BCUT2D eigenvalue weighted by Crippen LogP contribution is 2.38. The van der Waals surface area contributed by atoms with E-state index in [9.17, 15) is 4.79 Å². The SMILES string of the molecule is COc1cc(OC)cc(-c2coc3cc(OC)cc(C(=O)NCCc4c[nH]c5ccccc45)c23)c1. The Kier molecular flexibility index (Phi) is 6.06. The predicted molar refractivity (Wildman–Crippen MR) is 136 cm³/mol. The van der Waals surface area contributed by atoms with Crippen molar-refractivity contribution in [2.24, 2.45) is 0 Å². The average molecular weight is 471 g/mol. The number of nitrogens with one attached hydrogen (secondary N) is 2. The first-order valence-electron chi connectivity index (χ1n) is 11.3. The van der Waals surface area contributed by atoms with Crippen molar-refractivity contribution in [1.82, 2.24) is 10.3 Å². The topological polar surface area (TPSA) is 85.7 Å². The molecule has 0 unspecified atom stereocenters. The highest BCUT2D eigenvalue weighted by Gasteiger charge is 2.20. The van der Waals surface area contributed by atoms with Crippen molar-refractivity contribution in [2.75, 3.05) is 27.9 Å². The molecule has 2 heterocycles. The van der Waals surface area contributed by atoms with E-state index in [0.717, 1.165) is 27.6 Å². The van der Waals surface area contributed by atoms with E-state index in [1.54, 1.807) is 45.8 Å². The molecular weight excluding hydrogens is 444 g/mol. The maximum Gasteiger partial charge on any atom is 0.252 e. The minimum absolute atomic E-state index is 0.203. The molecule has 2 N–H and O–H groups in total. The zero-order valence-corrected chi connectivity index (χ0v) is 19.8. The summed E-state index contributed by atoms with van der Waals surface area (Å²) in [5.41, 5.74) is 4.86. The molecule has 35 heavy (non-hydrogen) atoms. The number of aromatic amines is 1. The van der Waals surface area contributed by atoms with E-state index in [4.69, 9.17) is 18.6 Å². The number of aromatic nitrogens is 1. The molecular formula is C28H26N2O5. The smallest absolute Gasteiger partial charge is 0.252 e. The number of H-pyrrole nitrogens is 1. The summed E-state index contributed by atoms with van der Waals surface area (Å²) in [7, 11) is 4.77. The molecule has 7 heteroatoms. The molecule has 5 rings (SSSR count). The van der Waals surface area contributed by atoms with Crippen LogP contribution in [0.1, 0.15) is 15.9 Å². The quantitative estimate of drug-likeness (QED) is 0.309. The number of furan rings is 1. The molecule has 0 bridgehead atoms. The first-order chi connectivity index (χ1) is 17.1. The molecule has 0 saturated heterocycles. The van der Waals surface area contributed by atoms with Gasteiger partial charge >= 0.3 is 0 Å². The van der Waals surface area contributed by atoms with Crippen LogP contribution in [0.15, 0.2) is 71.5 Å². The second-order valence-electron chi connectivity index (χ2n) is 8.16. The molecule has 0 aliphatic carbocycles. The van der Waals surface area contributed by atoms with E-state index in [0.29, 0.717) is 46.7 Å². The summed E-state index contributed by atoms with van der Waals surface area (Å²) < 4.78 is 22.1. The van der Waals surface area contributed by atoms with Gasteiger partial charge in [-0.25, -0.2) is 0 Å².